The molecule has 1 aliphatic carbocycles. The van der Waals surface area contributed by atoms with Crippen molar-refractivity contribution in [2.24, 2.45) is 0 Å². The van der Waals surface area contributed by atoms with Crippen LogP contribution in [0.3, 0.4) is 0 Å². The minimum Gasteiger partial charge on any atom is -0.509 e. The fraction of sp³-hybridized carbons (Fsp3) is 0.526. The first-order valence-electron chi connectivity index (χ1n) is 8.06. The van der Waals surface area contributed by atoms with Gasteiger partial charge in [-0.1, -0.05) is 19.9 Å². The lowest BCUT2D eigenvalue weighted by molar-refractivity contribution is -0.104. The molecule has 2 aliphatic rings. The zero-order valence-corrected chi connectivity index (χ0v) is 15.7. The van der Waals surface area contributed by atoms with Crippen molar-refractivity contribution in [1.82, 2.24) is 4.90 Å². The Balaban J connectivity index is 0.000000705. The first-order chi connectivity index (χ1) is 10.9. The molecular weight excluding hydrogens is 290 g/mol. The smallest absolute Gasteiger partial charge is 0.151 e. The molecule has 0 saturated carbocycles. The number of hydrogen-bond donors (Lipinski definition) is 1. The fourth-order valence-corrected chi connectivity index (χ4v) is 2.43. The largest absolute Gasteiger partial charge is 0.509 e. The monoisotopic (exact) mass is 321 g/mol. The van der Waals surface area contributed by atoms with Gasteiger partial charge in [0.2, 0.25) is 0 Å². The maximum atomic E-state index is 11.0. The van der Waals surface area contributed by atoms with Crippen LogP contribution in [0.1, 0.15) is 41.5 Å². The Morgan fingerprint density at radius 2 is 1.78 bits per heavy atom. The van der Waals surface area contributed by atoms with E-state index in [1.54, 1.807) is 7.11 Å². The lowest BCUT2D eigenvalue weighted by atomic mass is 9.85. The van der Waals surface area contributed by atoms with Crippen molar-refractivity contribution in [3.63, 3.8) is 0 Å². The second kappa shape index (κ2) is 10.1. The predicted octanol–water partition coefficient (Wildman–Crippen LogP) is 4.17. The maximum Gasteiger partial charge on any atom is 0.151 e. The van der Waals surface area contributed by atoms with Gasteiger partial charge in [-0.3, -0.25) is 4.79 Å². The average molecular weight is 321 g/mol. The van der Waals surface area contributed by atoms with Crippen molar-refractivity contribution in [3.8, 4) is 0 Å². The molecule has 0 aromatic heterocycles. The summed E-state index contributed by atoms with van der Waals surface area (Å²) < 4.78 is 4.54. The van der Waals surface area contributed by atoms with Gasteiger partial charge in [0.25, 0.3) is 0 Å². The van der Waals surface area contributed by atoms with Crippen LogP contribution in [0.2, 0.25) is 0 Å². The molecule has 4 heteroatoms. The van der Waals surface area contributed by atoms with E-state index < -0.39 is 0 Å². The summed E-state index contributed by atoms with van der Waals surface area (Å²) >= 11 is 0. The summed E-state index contributed by atoms with van der Waals surface area (Å²) in [6, 6.07) is -0.149. The molecule has 23 heavy (non-hydrogen) atoms. The van der Waals surface area contributed by atoms with Crippen molar-refractivity contribution in [1.29, 1.82) is 0 Å². The number of carbonyl (C=O) groups excluding carboxylic acids is 1. The molecule has 0 spiro atoms. The molecule has 1 heterocycles. The van der Waals surface area contributed by atoms with Gasteiger partial charge in [0, 0.05) is 32.0 Å². The predicted molar refractivity (Wildman–Crippen MR) is 96.4 cm³/mol. The third-order valence-corrected chi connectivity index (χ3v) is 3.91. The molecule has 0 bridgehead atoms. The summed E-state index contributed by atoms with van der Waals surface area (Å²) in [6.45, 7) is 12.6. The number of carbonyl (C=O) groups is 1. The van der Waals surface area contributed by atoms with Gasteiger partial charge in [0.15, 0.2) is 6.29 Å². The molecule has 1 N–H and O–H groups in total. The van der Waals surface area contributed by atoms with E-state index in [-0.39, 0.29) is 6.04 Å². The number of nitrogens with zero attached hydrogens (tertiary/aromatic N) is 1. The molecule has 0 aromatic rings. The molecule has 0 radical (unpaired) electrons. The highest BCUT2D eigenvalue weighted by Gasteiger charge is 2.32. The zero-order chi connectivity index (χ0) is 18.2. The summed E-state index contributed by atoms with van der Waals surface area (Å²) in [6.07, 6.45) is 4.70. The Kier molecular flexibility index (Phi) is 9.27. The molecule has 1 atom stereocenters. The Morgan fingerprint density at radius 1 is 1.26 bits per heavy atom. The molecule has 1 aliphatic heterocycles. The highest BCUT2D eigenvalue weighted by Crippen LogP contribution is 2.36. The van der Waals surface area contributed by atoms with Gasteiger partial charge in [-0.25, -0.2) is 0 Å². The van der Waals surface area contributed by atoms with Gasteiger partial charge in [-0.15, -0.1) is 0 Å². The SMILES string of the molecule is CC.CC1=CC(C)=C(O)C2C1=CC(C=O)=C(C)N2C.CCOC. The standard InChI is InChI=1S/C14H17NO2.C3H8O.C2H6/c1-8-5-9(2)14(17)13-12(8)6-11(7-16)10(3)15(13)4;1-3-4-2;1-2/h5-7,13,17H,1-4H3;3H2,1-2H3;1-2H3. The van der Waals surface area contributed by atoms with Crippen LogP contribution in [0.5, 0.6) is 0 Å². The van der Waals surface area contributed by atoms with Gasteiger partial charge in [-0.05, 0) is 50.5 Å². The third kappa shape index (κ3) is 4.83. The highest BCUT2D eigenvalue weighted by molar-refractivity contribution is 5.80. The molecular formula is C19H31NO3. The van der Waals surface area contributed by atoms with E-state index in [0.717, 1.165) is 35.3 Å². The van der Waals surface area contributed by atoms with Crippen molar-refractivity contribution in [3.05, 3.63) is 45.9 Å². The number of allylic oxidation sites excluding steroid dienone is 5. The van der Waals surface area contributed by atoms with Crippen molar-refractivity contribution in [2.45, 2.75) is 47.6 Å². The zero-order valence-electron chi connectivity index (χ0n) is 15.7. The van der Waals surface area contributed by atoms with E-state index in [0.29, 0.717) is 11.3 Å². The highest BCUT2D eigenvalue weighted by atomic mass is 16.5. The number of fused-ring (bicyclic) bond motifs is 1. The molecule has 2 rings (SSSR count). The summed E-state index contributed by atoms with van der Waals surface area (Å²) in [5.74, 6) is 0.369. The summed E-state index contributed by atoms with van der Waals surface area (Å²) in [4.78, 5) is 13.0. The first-order valence-corrected chi connectivity index (χ1v) is 8.06. The van der Waals surface area contributed by atoms with E-state index in [2.05, 4.69) is 4.74 Å². The van der Waals surface area contributed by atoms with E-state index >= 15 is 0 Å². The lowest BCUT2D eigenvalue weighted by Crippen LogP contribution is -2.39. The molecule has 4 nitrogen and oxygen atoms in total. The van der Waals surface area contributed by atoms with Gasteiger partial charge in [-0.2, -0.15) is 0 Å². The van der Waals surface area contributed by atoms with Crippen LogP contribution in [0, 0.1) is 0 Å². The molecule has 0 amide bonds. The Bertz CT molecular complexity index is 537. The van der Waals surface area contributed by atoms with Crippen LogP contribution in [-0.4, -0.2) is 43.1 Å². The van der Waals surface area contributed by atoms with E-state index in [1.165, 1.54) is 0 Å². The first kappa shape index (κ1) is 21.2. The van der Waals surface area contributed by atoms with Crippen molar-refractivity contribution >= 4 is 6.29 Å². The fourth-order valence-electron chi connectivity index (χ4n) is 2.43. The number of aliphatic hydroxyl groups excluding tert-OH is 1. The van der Waals surface area contributed by atoms with Crippen molar-refractivity contribution < 1.29 is 14.6 Å². The van der Waals surface area contributed by atoms with Crippen LogP contribution < -0.4 is 0 Å². The number of likely N-dealkylation sites (N-methyl/N-ethyl adjacent to an activating group) is 1. The second-order valence-electron chi connectivity index (χ2n) is 5.24. The number of rotatable bonds is 2. The van der Waals surface area contributed by atoms with E-state index in [9.17, 15) is 9.90 Å². The Morgan fingerprint density at radius 3 is 2.22 bits per heavy atom. The number of aliphatic hydroxyl groups is 1. The van der Waals surface area contributed by atoms with Crippen LogP contribution >= 0.6 is 0 Å². The molecule has 0 fully saturated rings. The van der Waals surface area contributed by atoms with E-state index in [1.807, 2.05) is 65.6 Å². The maximum absolute atomic E-state index is 11.0. The quantitative estimate of drug-likeness (QED) is 0.776. The van der Waals surface area contributed by atoms with Crippen LogP contribution in [-0.2, 0) is 9.53 Å². The molecule has 1 unspecified atom stereocenters. The summed E-state index contributed by atoms with van der Waals surface area (Å²) in [7, 11) is 3.58. The Labute approximate surface area is 140 Å². The van der Waals surface area contributed by atoms with Gasteiger partial charge in [0.1, 0.15) is 11.8 Å². The molecule has 130 valence electrons. The Hall–Kier alpha value is -1.81. The lowest BCUT2D eigenvalue weighted by Gasteiger charge is -2.38. The number of hydrogen-bond acceptors (Lipinski definition) is 4. The minimum atomic E-state index is -0.149. The molecule has 0 aromatic carbocycles. The summed E-state index contributed by atoms with van der Waals surface area (Å²) in [5, 5.41) is 10.2. The average Bonchev–Trinajstić information content (AvgIpc) is 2.57. The normalized spacial score (nSPS) is 19.7. The van der Waals surface area contributed by atoms with Crippen molar-refractivity contribution in [2.75, 3.05) is 20.8 Å². The second-order valence-corrected chi connectivity index (χ2v) is 5.24. The van der Waals surface area contributed by atoms with Gasteiger partial charge >= 0.3 is 0 Å². The van der Waals surface area contributed by atoms with Crippen LogP contribution in [0.4, 0.5) is 0 Å². The molecule has 0 saturated heterocycles. The number of ether oxygens (including phenoxy) is 1. The topological polar surface area (TPSA) is 49.8 Å². The van der Waals surface area contributed by atoms with E-state index in [4.69, 9.17) is 0 Å². The van der Waals surface area contributed by atoms with Gasteiger partial charge in [0.05, 0.1) is 0 Å². The minimum absolute atomic E-state index is 0.149. The van der Waals surface area contributed by atoms with Crippen LogP contribution in [0.25, 0.3) is 0 Å². The van der Waals surface area contributed by atoms with Gasteiger partial charge < -0.3 is 14.7 Å². The third-order valence-electron chi connectivity index (χ3n) is 3.91. The number of methoxy groups -OCH3 is 1. The summed E-state index contributed by atoms with van der Waals surface area (Å²) in [5.41, 5.74) is 4.56. The van der Waals surface area contributed by atoms with Crippen LogP contribution in [0.15, 0.2) is 45.9 Å². The number of aldehydes is 1.